The molecule has 0 aromatic heterocycles. The lowest BCUT2D eigenvalue weighted by Gasteiger charge is -2.11. The Kier molecular flexibility index (Phi) is 5.06. The van der Waals surface area contributed by atoms with Gasteiger partial charge < -0.3 is 14.8 Å². The molecule has 0 fully saturated rings. The summed E-state index contributed by atoms with van der Waals surface area (Å²) in [6, 6.07) is 8.03. The van der Waals surface area contributed by atoms with Crippen molar-refractivity contribution in [3.05, 3.63) is 59.2 Å². The minimum absolute atomic E-state index is 0.246. The molecule has 116 valence electrons. The van der Waals surface area contributed by atoms with Gasteiger partial charge in [-0.2, -0.15) is 0 Å². The highest BCUT2D eigenvalue weighted by molar-refractivity contribution is 6.04. The molecule has 0 spiro atoms. The summed E-state index contributed by atoms with van der Waals surface area (Å²) < 4.78 is 37.3. The first-order valence-corrected chi connectivity index (χ1v) is 6.48. The third kappa shape index (κ3) is 3.40. The third-order valence-corrected chi connectivity index (χ3v) is 3.04. The van der Waals surface area contributed by atoms with Crippen LogP contribution in [-0.2, 0) is 11.3 Å². The van der Waals surface area contributed by atoms with Crippen LogP contribution in [0.3, 0.4) is 0 Å². The highest BCUT2D eigenvalue weighted by Crippen LogP contribution is 2.23. The number of ether oxygens (including phenoxy) is 2. The van der Waals surface area contributed by atoms with Gasteiger partial charge in [-0.05, 0) is 30.3 Å². The van der Waals surface area contributed by atoms with E-state index in [0.29, 0.717) is 11.3 Å². The van der Waals surface area contributed by atoms with Gasteiger partial charge in [0, 0.05) is 18.2 Å². The molecular weight excluding hydrogens is 292 g/mol. The number of hydrogen-bond acceptors (Lipinski definition) is 3. The quantitative estimate of drug-likeness (QED) is 0.921. The number of rotatable bonds is 5. The lowest BCUT2D eigenvalue weighted by Crippen LogP contribution is -2.14. The van der Waals surface area contributed by atoms with Gasteiger partial charge in [-0.3, -0.25) is 4.79 Å². The first-order chi connectivity index (χ1) is 10.6. The largest absolute Gasteiger partial charge is 0.496 e. The molecule has 2 rings (SSSR count). The number of methoxy groups -OCH3 is 2. The van der Waals surface area contributed by atoms with Gasteiger partial charge in [0.2, 0.25) is 0 Å². The summed E-state index contributed by atoms with van der Waals surface area (Å²) in [5, 5.41) is 2.23. The van der Waals surface area contributed by atoms with Gasteiger partial charge in [-0.1, -0.05) is 6.07 Å². The Labute approximate surface area is 126 Å². The molecule has 0 saturated heterocycles. The van der Waals surface area contributed by atoms with Crippen molar-refractivity contribution in [3.63, 3.8) is 0 Å². The van der Waals surface area contributed by atoms with Crippen molar-refractivity contribution < 1.29 is 23.0 Å². The van der Waals surface area contributed by atoms with E-state index in [1.807, 2.05) is 0 Å². The van der Waals surface area contributed by atoms with E-state index in [2.05, 4.69) is 5.32 Å². The summed E-state index contributed by atoms with van der Waals surface area (Å²) in [4.78, 5) is 12.1. The number of anilines is 1. The zero-order valence-electron chi connectivity index (χ0n) is 12.2. The van der Waals surface area contributed by atoms with Gasteiger partial charge in [0.05, 0.1) is 13.7 Å². The zero-order valence-corrected chi connectivity index (χ0v) is 12.2. The lowest BCUT2D eigenvalue weighted by atomic mass is 10.1. The number of carbonyl (C=O) groups is 1. The summed E-state index contributed by atoms with van der Waals surface area (Å²) in [6.45, 7) is 0.248. The van der Waals surface area contributed by atoms with Crippen LogP contribution in [0.5, 0.6) is 5.75 Å². The molecule has 0 bridgehead atoms. The predicted octanol–water partition coefficient (Wildman–Crippen LogP) is 3.37. The number of hydrogen-bond donors (Lipinski definition) is 1. The van der Waals surface area contributed by atoms with Crippen molar-refractivity contribution in [2.45, 2.75) is 6.61 Å². The molecule has 6 heteroatoms. The number of amides is 1. The van der Waals surface area contributed by atoms with Gasteiger partial charge in [0.25, 0.3) is 5.91 Å². The van der Waals surface area contributed by atoms with Crippen LogP contribution >= 0.6 is 0 Å². The average Bonchev–Trinajstić information content (AvgIpc) is 2.51. The second-order valence-corrected chi connectivity index (χ2v) is 4.51. The number of benzene rings is 2. The van der Waals surface area contributed by atoms with E-state index < -0.39 is 23.2 Å². The summed E-state index contributed by atoms with van der Waals surface area (Å²) in [5.74, 6) is -1.72. The van der Waals surface area contributed by atoms with E-state index in [1.54, 1.807) is 12.1 Å². The van der Waals surface area contributed by atoms with Crippen LogP contribution in [0.2, 0.25) is 0 Å². The van der Waals surface area contributed by atoms with Gasteiger partial charge in [-0.15, -0.1) is 0 Å². The smallest absolute Gasteiger partial charge is 0.255 e. The average molecular weight is 307 g/mol. The van der Waals surface area contributed by atoms with Crippen molar-refractivity contribution in [2.75, 3.05) is 19.5 Å². The molecule has 0 atom stereocenters. The van der Waals surface area contributed by atoms with E-state index in [0.717, 1.165) is 12.1 Å². The van der Waals surface area contributed by atoms with Crippen LogP contribution in [0.25, 0.3) is 0 Å². The van der Waals surface area contributed by atoms with Crippen molar-refractivity contribution in [3.8, 4) is 5.75 Å². The maximum absolute atomic E-state index is 13.6. The minimum Gasteiger partial charge on any atom is -0.496 e. The van der Waals surface area contributed by atoms with Crippen molar-refractivity contribution >= 4 is 11.6 Å². The Balaban J connectivity index is 2.28. The minimum atomic E-state index is -0.834. The summed E-state index contributed by atoms with van der Waals surface area (Å²) in [5.41, 5.74) is 0.429. The third-order valence-electron chi connectivity index (χ3n) is 3.04. The predicted molar refractivity (Wildman–Crippen MR) is 78.0 cm³/mol. The number of nitrogens with one attached hydrogen (secondary N) is 1. The highest BCUT2D eigenvalue weighted by atomic mass is 19.1. The van der Waals surface area contributed by atoms with Crippen LogP contribution in [0.1, 0.15) is 15.9 Å². The van der Waals surface area contributed by atoms with E-state index in [-0.39, 0.29) is 12.2 Å². The molecule has 22 heavy (non-hydrogen) atoms. The van der Waals surface area contributed by atoms with Crippen LogP contribution in [0, 0.1) is 11.6 Å². The number of halogens is 2. The van der Waals surface area contributed by atoms with E-state index in [9.17, 15) is 13.6 Å². The molecule has 1 amide bonds. The zero-order chi connectivity index (χ0) is 16.1. The molecule has 0 aliphatic rings. The maximum Gasteiger partial charge on any atom is 0.255 e. The molecule has 0 unspecified atom stereocenters. The molecule has 4 nitrogen and oxygen atoms in total. The summed E-state index contributed by atoms with van der Waals surface area (Å²) >= 11 is 0. The van der Waals surface area contributed by atoms with E-state index in [1.165, 1.54) is 26.4 Å². The van der Waals surface area contributed by atoms with Crippen LogP contribution in [-0.4, -0.2) is 20.1 Å². The second-order valence-electron chi connectivity index (χ2n) is 4.51. The molecular formula is C16H15F2NO3. The Bertz CT molecular complexity index is 669. The monoisotopic (exact) mass is 307 g/mol. The Morgan fingerprint density at radius 2 is 1.82 bits per heavy atom. The van der Waals surface area contributed by atoms with Gasteiger partial charge >= 0.3 is 0 Å². The SMILES string of the molecule is COCc1cc(C(=O)Nc2c(F)cccc2F)ccc1OC. The van der Waals surface area contributed by atoms with Crippen LogP contribution in [0.15, 0.2) is 36.4 Å². The Hall–Kier alpha value is -2.47. The standard InChI is InChI=1S/C16H15F2NO3/c1-21-9-11-8-10(6-7-14(11)22-2)16(20)19-15-12(17)4-3-5-13(15)18/h3-8H,9H2,1-2H3,(H,19,20). The molecule has 0 heterocycles. The van der Waals surface area contributed by atoms with Crippen molar-refractivity contribution in [1.29, 1.82) is 0 Å². The molecule has 1 N–H and O–H groups in total. The molecule has 2 aromatic carbocycles. The highest BCUT2D eigenvalue weighted by Gasteiger charge is 2.15. The molecule has 2 aromatic rings. The maximum atomic E-state index is 13.6. The molecule has 0 radical (unpaired) electrons. The van der Waals surface area contributed by atoms with E-state index >= 15 is 0 Å². The Morgan fingerprint density at radius 3 is 2.41 bits per heavy atom. The normalized spacial score (nSPS) is 10.4. The lowest BCUT2D eigenvalue weighted by molar-refractivity contribution is 0.102. The Morgan fingerprint density at radius 1 is 1.14 bits per heavy atom. The molecule has 0 saturated carbocycles. The first-order valence-electron chi connectivity index (χ1n) is 6.48. The van der Waals surface area contributed by atoms with Gasteiger partial charge in [-0.25, -0.2) is 8.78 Å². The molecule has 0 aliphatic heterocycles. The fraction of sp³-hybridized carbons (Fsp3) is 0.188. The fourth-order valence-electron chi connectivity index (χ4n) is 1.99. The number of para-hydroxylation sites is 1. The molecule has 0 aliphatic carbocycles. The van der Waals surface area contributed by atoms with E-state index in [4.69, 9.17) is 9.47 Å². The van der Waals surface area contributed by atoms with Gasteiger partial charge in [0.1, 0.15) is 23.1 Å². The second kappa shape index (κ2) is 7.00. The topological polar surface area (TPSA) is 47.6 Å². The number of carbonyl (C=O) groups excluding carboxylic acids is 1. The van der Waals surface area contributed by atoms with Gasteiger partial charge in [0.15, 0.2) is 0 Å². The first kappa shape index (κ1) is 15.9. The fourth-order valence-corrected chi connectivity index (χ4v) is 1.99. The van der Waals surface area contributed by atoms with Crippen molar-refractivity contribution in [2.24, 2.45) is 0 Å². The van der Waals surface area contributed by atoms with Crippen LogP contribution in [0.4, 0.5) is 14.5 Å². The summed E-state index contributed by atoms with van der Waals surface area (Å²) in [7, 11) is 3.02. The van der Waals surface area contributed by atoms with Crippen molar-refractivity contribution in [1.82, 2.24) is 0 Å². The summed E-state index contributed by atoms with van der Waals surface area (Å²) in [6.07, 6.45) is 0. The van der Waals surface area contributed by atoms with Crippen LogP contribution < -0.4 is 10.1 Å².